The van der Waals surface area contributed by atoms with Gasteiger partial charge >= 0.3 is 6.03 Å². The summed E-state index contributed by atoms with van der Waals surface area (Å²) in [6.45, 7) is 0.506. The lowest BCUT2D eigenvalue weighted by Gasteiger charge is -2.09. The number of thiazole rings is 1. The molecule has 0 atom stereocenters. The van der Waals surface area contributed by atoms with Crippen LogP contribution < -0.4 is 5.32 Å². The quantitative estimate of drug-likeness (QED) is 0.815. The molecule has 1 N–H and O–H groups in total. The Kier molecular flexibility index (Phi) is 2.29. The molecule has 1 fully saturated rings. The summed E-state index contributed by atoms with van der Waals surface area (Å²) in [5, 5.41) is 3.09. The number of carbonyl (C=O) groups is 2. The number of hydrogen-bond acceptors (Lipinski definition) is 4. The number of para-hydroxylation sites is 1. The standard InChI is InChI=1S/C11H9N3O2S/c15-9-5-14(11(16)13-9)6-10-12-7-3-1-2-4-8(7)17-10/h1-4H,5-6H2,(H,13,15,16). The summed E-state index contributed by atoms with van der Waals surface area (Å²) in [6, 6.07) is 7.47. The first-order valence-electron chi connectivity index (χ1n) is 5.15. The molecule has 1 aromatic heterocycles. The Morgan fingerprint density at radius 3 is 2.88 bits per heavy atom. The van der Waals surface area contributed by atoms with Crippen LogP contribution in [0.25, 0.3) is 10.2 Å². The van der Waals surface area contributed by atoms with Crippen molar-refractivity contribution in [1.29, 1.82) is 0 Å². The lowest BCUT2D eigenvalue weighted by atomic mass is 10.3. The maximum absolute atomic E-state index is 11.4. The molecule has 0 spiro atoms. The van der Waals surface area contributed by atoms with Gasteiger partial charge in [-0.15, -0.1) is 11.3 Å². The van der Waals surface area contributed by atoms with Gasteiger partial charge in [-0.25, -0.2) is 9.78 Å². The molecule has 0 aliphatic carbocycles. The first kappa shape index (κ1) is 10.2. The second-order valence-corrected chi connectivity index (χ2v) is 4.90. The van der Waals surface area contributed by atoms with E-state index in [9.17, 15) is 9.59 Å². The van der Waals surface area contributed by atoms with Crippen LogP contribution in [0.1, 0.15) is 5.01 Å². The Hall–Kier alpha value is -1.95. The molecule has 86 valence electrons. The second-order valence-electron chi connectivity index (χ2n) is 3.78. The topological polar surface area (TPSA) is 62.3 Å². The maximum Gasteiger partial charge on any atom is 0.324 e. The third-order valence-electron chi connectivity index (χ3n) is 2.53. The van der Waals surface area contributed by atoms with Crippen molar-refractivity contribution >= 4 is 33.5 Å². The molecular weight excluding hydrogens is 238 g/mol. The molecule has 0 saturated carbocycles. The fourth-order valence-electron chi connectivity index (χ4n) is 1.76. The Balaban J connectivity index is 1.85. The summed E-state index contributed by atoms with van der Waals surface area (Å²) in [5.41, 5.74) is 0.929. The highest BCUT2D eigenvalue weighted by atomic mass is 32.1. The first-order valence-corrected chi connectivity index (χ1v) is 5.97. The van der Waals surface area contributed by atoms with E-state index in [1.165, 1.54) is 4.90 Å². The molecule has 0 radical (unpaired) electrons. The van der Waals surface area contributed by atoms with E-state index >= 15 is 0 Å². The number of fused-ring (bicyclic) bond motifs is 1. The third kappa shape index (κ3) is 1.87. The Bertz CT molecular complexity index is 575. The van der Waals surface area contributed by atoms with Crippen LogP contribution in [-0.4, -0.2) is 28.4 Å². The summed E-state index contributed by atoms with van der Waals surface area (Å²) >= 11 is 1.54. The van der Waals surface area contributed by atoms with Crippen molar-refractivity contribution in [3.8, 4) is 0 Å². The molecule has 0 bridgehead atoms. The van der Waals surface area contributed by atoms with Crippen LogP contribution in [0.3, 0.4) is 0 Å². The van der Waals surface area contributed by atoms with Gasteiger partial charge in [-0.3, -0.25) is 10.1 Å². The maximum atomic E-state index is 11.4. The van der Waals surface area contributed by atoms with Crippen molar-refractivity contribution in [2.24, 2.45) is 0 Å². The molecule has 2 aromatic rings. The van der Waals surface area contributed by atoms with Gasteiger partial charge in [0.05, 0.1) is 16.8 Å². The van der Waals surface area contributed by atoms with Crippen LogP contribution in [0.2, 0.25) is 0 Å². The zero-order valence-electron chi connectivity index (χ0n) is 8.84. The van der Waals surface area contributed by atoms with Gasteiger partial charge in [0.25, 0.3) is 0 Å². The average molecular weight is 247 g/mol. The second kappa shape index (κ2) is 3.81. The van der Waals surface area contributed by atoms with E-state index in [2.05, 4.69) is 10.3 Å². The number of nitrogens with one attached hydrogen (secondary N) is 1. The van der Waals surface area contributed by atoms with Gasteiger partial charge in [-0.1, -0.05) is 12.1 Å². The average Bonchev–Trinajstić information content (AvgIpc) is 2.82. The molecule has 3 amide bonds. The number of hydrogen-bond donors (Lipinski definition) is 1. The zero-order chi connectivity index (χ0) is 11.8. The normalized spacial score (nSPS) is 15.6. The van der Waals surface area contributed by atoms with Crippen molar-refractivity contribution < 1.29 is 9.59 Å². The number of amides is 3. The molecule has 0 unspecified atom stereocenters. The number of nitrogens with zero attached hydrogens (tertiary/aromatic N) is 2. The van der Waals surface area contributed by atoms with Crippen LogP contribution in [0.4, 0.5) is 4.79 Å². The van der Waals surface area contributed by atoms with Gasteiger partial charge in [-0.2, -0.15) is 0 Å². The smallest absolute Gasteiger partial charge is 0.308 e. The van der Waals surface area contributed by atoms with Crippen LogP contribution in [0.15, 0.2) is 24.3 Å². The van der Waals surface area contributed by atoms with Gasteiger partial charge < -0.3 is 4.90 Å². The van der Waals surface area contributed by atoms with E-state index < -0.39 is 0 Å². The predicted octanol–water partition coefficient (Wildman–Crippen LogP) is 1.35. The monoisotopic (exact) mass is 247 g/mol. The van der Waals surface area contributed by atoms with Crippen LogP contribution in [0.5, 0.6) is 0 Å². The van der Waals surface area contributed by atoms with Gasteiger partial charge in [0.15, 0.2) is 0 Å². The number of aromatic nitrogens is 1. The van der Waals surface area contributed by atoms with Crippen LogP contribution in [0, 0.1) is 0 Å². The van der Waals surface area contributed by atoms with Gasteiger partial charge in [-0.05, 0) is 12.1 Å². The third-order valence-corrected chi connectivity index (χ3v) is 3.55. The minimum absolute atomic E-state index is 0.120. The van der Waals surface area contributed by atoms with Crippen molar-refractivity contribution in [2.45, 2.75) is 6.54 Å². The number of rotatable bonds is 2. The summed E-state index contributed by atoms with van der Waals surface area (Å²) < 4.78 is 1.09. The van der Waals surface area contributed by atoms with Crippen molar-refractivity contribution in [3.63, 3.8) is 0 Å². The van der Waals surface area contributed by atoms with Gasteiger partial charge in [0.1, 0.15) is 11.6 Å². The van der Waals surface area contributed by atoms with Gasteiger partial charge in [0, 0.05) is 0 Å². The highest BCUT2D eigenvalue weighted by Gasteiger charge is 2.27. The largest absolute Gasteiger partial charge is 0.324 e. The molecule has 1 aromatic carbocycles. The van der Waals surface area contributed by atoms with Crippen LogP contribution in [-0.2, 0) is 11.3 Å². The summed E-state index contributed by atoms with van der Waals surface area (Å²) in [5.74, 6) is -0.254. The molecule has 5 nitrogen and oxygen atoms in total. The van der Waals surface area contributed by atoms with Crippen molar-refractivity contribution in [3.05, 3.63) is 29.3 Å². The highest BCUT2D eigenvalue weighted by molar-refractivity contribution is 7.18. The Morgan fingerprint density at radius 2 is 2.18 bits per heavy atom. The van der Waals surface area contributed by atoms with E-state index in [0.717, 1.165) is 15.2 Å². The van der Waals surface area contributed by atoms with Crippen molar-refractivity contribution in [1.82, 2.24) is 15.2 Å². The van der Waals surface area contributed by atoms with Crippen molar-refractivity contribution in [2.75, 3.05) is 6.54 Å². The zero-order valence-corrected chi connectivity index (χ0v) is 9.66. The molecule has 17 heavy (non-hydrogen) atoms. The Labute approximate surface area is 101 Å². The molecule has 6 heteroatoms. The minimum Gasteiger partial charge on any atom is -0.308 e. The van der Waals surface area contributed by atoms with E-state index in [-0.39, 0.29) is 18.5 Å². The SMILES string of the molecule is O=C1CN(Cc2nc3ccccc3s2)C(=O)N1. The lowest BCUT2D eigenvalue weighted by Crippen LogP contribution is -2.27. The number of imide groups is 1. The van der Waals surface area contributed by atoms with E-state index in [1.54, 1.807) is 11.3 Å². The number of benzene rings is 1. The van der Waals surface area contributed by atoms with E-state index in [0.29, 0.717) is 6.54 Å². The fraction of sp³-hybridized carbons (Fsp3) is 0.182. The number of urea groups is 1. The summed E-state index contributed by atoms with van der Waals surface area (Å²) in [6.07, 6.45) is 0. The predicted molar refractivity (Wildman–Crippen MR) is 63.6 cm³/mol. The molecule has 2 heterocycles. The molecule has 1 aliphatic heterocycles. The summed E-state index contributed by atoms with van der Waals surface area (Å²) in [4.78, 5) is 28.3. The Morgan fingerprint density at radius 1 is 1.35 bits per heavy atom. The fourth-order valence-corrected chi connectivity index (χ4v) is 2.74. The van der Waals surface area contributed by atoms with Gasteiger partial charge in [0.2, 0.25) is 5.91 Å². The highest BCUT2D eigenvalue weighted by Crippen LogP contribution is 2.22. The molecule has 3 rings (SSSR count). The number of carbonyl (C=O) groups excluding carboxylic acids is 2. The van der Waals surface area contributed by atoms with Crippen LogP contribution >= 0.6 is 11.3 Å². The molecule has 1 aliphatic rings. The van der Waals surface area contributed by atoms with E-state index in [4.69, 9.17) is 0 Å². The van der Waals surface area contributed by atoms with E-state index in [1.807, 2.05) is 24.3 Å². The summed E-state index contributed by atoms with van der Waals surface area (Å²) in [7, 11) is 0. The molecular formula is C11H9N3O2S. The lowest BCUT2D eigenvalue weighted by molar-refractivity contribution is -0.118. The molecule has 1 saturated heterocycles. The minimum atomic E-state index is -0.339. The first-order chi connectivity index (χ1) is 8.22.